The minimum Gasteiger partial charge on any atom is -0.406 e. The molecule has 3 aromatic rings. The second-order valence-electron chi connectivity index (χ2n) is 4.04. The molecule has 7 heteroatoms. The Hall–Kier alpha value is -2.57. The van der Waals surface area contributed by atoms with E-state index in [1.54, 1.807) is 29.2 Å². The van der Waals surface area contributed by atoms with Gasteiger partial charge < -0.3 is 9.14 Å². The molecule has 0 N–H and O–H groups in total. The number of nitrogens with zero attached hydrogens (tertiary/aromatic N) is 3. The van der Waals surface area contributed by atoms with Gasteiger partial charge in [-0.15, -0.1) is 13.2 Å². The van der Waals surface area contributed by atoms with Gasteiger partial charge in [0.2, 0.25) is 0 Å². The average molecular weight is 279 g/mol. The second-order valence-corrected chi connectivity index (χ2v) is 4.04. The lowest BCUT2D eigenvalue weighted by atomic mass is 10.2. The summed E-state index contributed by atoms with van der Waals surface area (Å²) in [6.45, 7) is 0. The van der Waals surface area contributed by atoms with E-state index in [2.05, 4.69) is 14.7 Å². The van der Waals surface area contributed by atoms with Gasteiger partial charge in [-0.25, -0.2) is 4.98 Å². The van der Waals surface area contributed by atoms with E-state index in [1.807, 2.05) is 0 Å². The molecule has 0 bridgehead atoms. The van der Waals surface area contributed by atoms with Crippen molar-refractivity contribution in [3.05, 3.63) is 49.1 Å². The smallest absolute Gasteiger partial charge is 0.406 e. The van der Waals surface area contributed by atoms with Crippen LogP contribution in [0.3, 0.4) is 0 Å². The summed E-state index contributed by atoms with van der Waals surface area (Å²) in [6.07, 6.45) is 2.06. The summed E-state index contributed by atoms with van der Waals surface area (Å²) in [5.74, 6) is -0.258. The Morgan fingerprint density at radius 3 is 2.50 bits per heavy atom. The number of aromatic nitrogens is 3. The van der Waals surface area contributed by atoms with Crippen LogP contribution in [-0.2, 0) is 0 Å². The van der Waals surface area contributed by atoms with E-state index in [0.717, 1.165) is 0 Å². The number of fused-ring (bicyclic) bond motifs is 1. The van der Waals surface area contributed by atoms with Crippen LogP contribution in [0, 0.1) is 0 Å². The summed E-state index contributed by atoms with van der Waals surface area (Å²) in [5.41, 5.74) is 2.01. The summed E-state index contributed by atoms with van der Waals surface area (Å²) in [5, 5.41) is 0. The van der Waals surface area contributed by atoms with Crippen LogP contribution < -0.4 is 4.74 Å². The first-order chi connectivity index (χ1) is 9.51. The van der Waals surface area contributed by atoms with E-state index in [-0.39, 0.29) is 5.75 Å². The van der Waals surface area contributed by atoms with Crippen LogP contribution in [0.4, 0.5) is 13.2 Å². The second kappa shape index (κ2) is 4.52. The molecule has 0 saturated carbocycles. The lowest BCUT2D eigenvalue weighted by molar-refractivity contribution is -0.274. The van der Waals surface area contributed by atoms with Crippen LogP contribution in [0.15, 0.2) is 49.1 Å². The lowest BCUT2D eigenvalue weighted by Crippen LogP contribution is -2.16. The Bertz CT molecular complexity index is 701. The highest BCUT2D eigenvalue weighted by Gasteiger charge is 2.30. The SMILES string of the molecule is FC(F)(F)Oc1ccc(-c2cn3ccncc3n2)cc1. The summed E-state index contributed by atoms with van der Waals surface area (Å²) in [6, 6.07) is 5.56. The van der Waals surface area contributed by atoms with Gasteiger partial charge in [-0.2, -0.15) is 0 Å². The van der Waals surface area contributed by atoms with E-state index in [1.165, 1.54) is 24.3 Å². The molecule has 102 valence electrons. The first kappa shape index (κ1) is 12.5. The van der Waals surface area contributed by atoms with Gasteiger partial charge in [0.25, 0.3) is 0 Å². The van der Waals surface area contributed by atoms with Gasteiger partial charge in [-0.1, -0.05) is 0 Å². The van der Waals surface area contributed by atoms with Crippen LogP contribution in [0.1, 0.15) is 0 Å². The topological polar surface area (TPSA) is 39.4 Å². The number of hydrogen-bond donors (Lipinski definition) is 0. The van der Waals surface area contributed by atoms with Crippen LogP contribution in [-0.4, -0.2) is 20.7 Å². The Kier molecular flexibility index (Phi) is 2.81. The zero-order valence-electron chi connectivity index (χ0n) is 10.0. The van der Waals surface area contributed by atoms with Crippen LogP contribution in [0.2, 0.25) is 0 Å². The minimum atomic E-state index is -4.68. The summed E-state index contributed by atoms with van der Waals surface area (Å²) in [4.78, 5) is 8.27. The molecule has 0 aliphatic heterocycles. The quantitative estimate of drug-likeness (QED) is 0.722. The number of rotatable bonds is 2. The Labute approximate surface area is 111 Å². The highest BCUT2D eigenvalue weighted by Crippen LogP contribution is 2.26. The standard InChI is InChI=1S/C13H8F3N3O/c14-13(15,16)20-10-3-1-9(2-4-10)11-8-19-6-5-17-7-12(19)18-11/h1-8H. The molecule has 0 radical (unpaired) electrons. The maximum atomic E-state index is 12.1. The molecule has 0 spiro atoms. The van der Waals surface area contributed by atoms with Gasteiger partial charge in [0.05, 0.1) is 11.9 Å². The zero-order chi connectivity index (χ0) is 14.2. The largest absolute Gasteiger partial charge is 0.573 e. The normalized spacial score (nSPS) is 11.8. The third-order valence-corrected chi connectivity index (χ3v) is 2.65. The third-order valence-electron chi connectivity index (χ3n) is 2.65. The fourth-order valence-corrected chi connectivity index (χ4v) is 1.81. The van der Waals surface area contributed by atoms with Gasteiger partial charge >= 0.3 is 6.36 Å². The van der Waals surface area contributed by atoms with Gasteiger partial charge in [0.1, 0.15) is 5.75 Å². The summed E-state index contributed by atoms with van der Waals surface area (Å²) < 4.78 is 41.8. The molecule has 0 aliphatic rings. The molecule has 2 aromatic heterocycles. The third kappa shape index (κ3) is 2.56. The van der Waals surface area contributed by atoms with Crippen molar-refractivity contribution in [1.29, 1.82) is 0 Å². The number of alkyl halides is 3. The van der Waals surface area contributed by atoms with Crippen LogP contribution in [0.5, 0.6) is 5.75 Å². The first-order valence-corrected chi connectivity index (χ1v) is 5.66. The summed E-state index contributed by atoms with van der Waals surface area (Å²) >= 11 is 0. The summed E-state index contributed by atoms with van der Waals surface area (Å²) in [7, 11) is 0. The lowest BCUT2D eigenvalue weighted by Gasteiger charge is -2.08. The van der Waals surface area contributed by atoms with Crippen molar-refractivity contribution < 1.29 is 17.9 Å². The van der Waals surface area contributed by atoms with Gasteiger partial charge in [-0.05, 0) is 24.3 Å². The van der Waals surface area contributed by atoms with Crippen molar-refractivity contribution in [1.82, 2.24) is 14.4 Å². The predicted octanol–water partition coefficient (Wildman–Crippen LogP) is 3.29. The highest BCUT2D eigenvalue weighted by molar-refractivity contribution is 5.62. The minimum absolute atomic E-state index is 0.258. The van der Waals surface area contributed by atoms with E-state index in [4.69, 9.17) is 0 Å². The maximum absolute atomic E-state index is 12.1. The molecule has 2 heterocycles. The molecule has 0 amide bonds. The molecule has 0 unspecified atom stereocenters. The number of imidazole rings is 1. The molecular weight excluding hydrogens is 271 g/mol. The van der Waals surface area contributed by atoms with Gasteiger partial charge in [0.15, 0.2) is 5.65 Å². The molecule has 0 saturated heterocycles. The number of hydrogen-bond acceptors (Lipinski definition) is 3. The van der Waals surface area contributed by atoms with E-state index in [9.17, 15) is 13.2 Å². The highest BCUT2D eigenvalue weighted by atomic mass is 19.4. The Morgan fingerprint density at radius 2 is 1.85 bits per heavy atom. The van der Waals surface area contributed by atoms with Crippen molar-refractivity contribution in [3.63, 3.8) is 0 Å². The molecule has 20 heavy (non-hydrogen) atoms. The molecule has 1 aromatic carbocycles. The van der Waals surface area contributed by atoms with E-state index >= 15 is 0 Å². The zero-order valence-corrected chi connectivity index (χ0v) is 10.0. The number of halogens is 3. The Balaban J connectivity index is 1.90. The van der Waals surface area contributed by atoms with Gasteiger partial charge in [0, 0.05) is 24.2 Å². The average Bonchev–Trinajstić information content (AvgIpc) is 2.81. The van der Waals surface area contributed by atoms with Crippen LogP contribution in [0.25, 0.3) is 16.9 Å². The first-order valence-electron chi connectivity index (χ1n) is 5.66. The van der Waals surface area contributed by atoms with E-state index < -0.39 is 6.36 Å². The fraction of sp³-hybridized carbons (Fsp3) is 0.0769. The monoisotopic (exact) mass is 279 g/mol. The molecule has 4 nitrogen and oxygen atoms in total. The van der Waals surface area contributed by atoms with Crippen molar-refractivity contribution in [2.45, 2.75) is 6.36 Å². The molecule has 3 rings (SSSR count). The number of ether oxygens (including phenoxy) is 1. The van der Waals surface area contributed by atoms with Crippen molar-refractivity contribution >= 4 is 5.65 Å². The van der Waals surface area contributed by atoms with Crippen LogP contribution >= 0.6 is 0 Å². The van der Waals surface area contributed by atoms with Crippen molar-refractivity contribution in [2.75, 3.05) is 0 Å². The molecule has 0 fully saturated rings. The van der Waals surface area contributed by atoms with Gasteiger partial charge in [-0.3, -0.25) is 4.98 Å². The van der Waals surface area contributed by atoms with Crippen molar-refractivity contribution in [3.8, 4) is 17.0 Å². The fourth-order valence-electron chi connectivity index (χ4n) is 1.81. The maximum Gasteiger partial charge on any atom is 0.573 e. The molecule has 0 aliphatic carbocycles. The number of benzene rings is 1. The molecule has 0 atom stereocenters. The predicted molar refractivity (Wildman–Crippen MR) is 65.1 cm³/mol. The molecular formula is C13H8F3N3O. The Morgan fingerprint density at radius 1 is 1.10 bits per heavy atom. The van der Waals surface area contributed by atoms with E-state index in [0.29, 0.717) is 16.9 Å². The van der Waals surface area contributed by atoms with Crippen molar-refractivity contribution in [2.24, 2.45) is 0 Å².